The Labute approximate surface area is 150 Å². The van der Waals surface area contributed by atoms with E-state index in [-0.39, 0.29) is 6.61 Å². The highest BCUT2D eigenvalue weighted by molar-refractivity contribution is 6.33. The molecule has 0 bridgehead atoms. The van der Waals surface area contributed by atoms with Crippen molar-refractivity contribution in [2.24, 2.45) is 0 Å². The summed E-state index contributed by atoms with van der Waals surface area (Å²) in [5.41, 5.74) is 2.78. The van der Waals surface area contributed by atoms with Crippen molar-refractivity contribution in [1.82, 2.24) is 9.97 Å². The van der Waals surface area contributed by atoms with Gasteiger partial charge in [-0.25, -0.2) is 4.98 Å². The molecule has 2 aromatic heterocycles. The smallest absolute Gasteiger partial charge is 0.213 e. The third-order valence-electron chi connectivity index (χ3n) is 3.61. The van der Waals surface area contributed by atoms with E-state index >= 15 is 0 Å². The number of benzene rings is 1. The number of halogens is 1. The van der Waals surface area contributed by atoms with E-state index < -0.39 is 0 Å². The van der Waals surface area contributed by atoms with Crippen LogP contribution in [0.2, 0.25) is 5.02 Å². The highest BCUT2D eigenvalue weighted by atomic mass is 35.5. The lowest BCUT2D eigenvalue weighted by atomic mass is 10.1. The predicted molar refractivity (Wildman–Crippen MR) is 95.2 cm³/mol. The number of carbonyl (C=O) groups is 1. The third kappa shape index (κ3) is 3.78. The largest absolute Gasteiger partial charge is 0.486 e. The van der Waals surface area contributed by atoms with Crippen LogP contribution in [-0.2, 0) is 6.61 Å². The Balaban J connectivity index is 1.88. The highest BCUT2D eigenvalue weighted by Gasteiger charge is 2.12. The van der Waals surface area contributed by atoms with Crippen molar-refractivity contribution in [3.05, 3.63) is 71.0 Å². The van der Waals surface area contributed by atoms with E-state index in [4.69, 9.17) is 21.1 Å². The Bertz CT molecular complexity index is 899. The van der Waals surface area contributed by atoms with Gasteiger partial charge in [-0.2, -0.15) is 0 Å². The monoisotopic (exact) mass is 354 g/mol. The van der Waals surface area contributed by atoms with Crippen LogP contribution in [0.4, 0.5) is 0 Å². The number of ether oxygens (including phenoxy) is 2. The molecule has 0 saturated heterocycles. The minimum atomic E-state index is 0.225. The lowest BCUT2D eigenvalue weighted by Crippen LogP contribution is -2.02. The second kappa shape index (κ2) is 7.77. The van der Waals surface area contributed by atoms with Crippen LogP contribution in [0.1, 0.15) is 15.9 Å². The van der Waals surface area contributed by atoms with Gasteiger partial charge in [-0.1, -0.05) is 35.9 Å². The molecule has 0 unspecified atom stereocenters. The topological polar surface area (TPSA) is 61.3 Å². The lowest BCUT2D eigenvalue weighted by Gasteiger charge is -2.12. The van der Waals surface area contributed by atoms with Crippen LogP contribution >= 0.6 is 11.6 Å². The van der Waals surface area contributed by atoms with Crippen LogP contribution in [0, 0.1) is 0 Å². The third-order valence-corrected chi connectivity index (χ3v) is 3.94. The van der Waals surface area contributed by atoms with E-state index in [0.29, 0.717) is 28.5 Å². The number of hydrogen-bond acceptors (Lipinski definition) is 5. The van der Waals surface area contributed by atoms with Crippen molar-refractivity contribution >= 4 is 17.9 Å². The molecule has 0 aliphatic heterocycles. The van der Waals surface area contributed by atoms with Crippen LogP contribution < -0.4 is 9.47 Å². The summed E-state index contributed by atoms with van der Waals surface area (Å²) in [4.78, 5) is 19.7. The standard InChI is InChI=1S/C19H15ClN2O3/c1-24-18-9-14(11-23)17(10-22-18)25-12-13-5-4-8-21-19(13)15-6-2-3-7-16(15)20/h2-11H,12H2,1H3. The molecule has 0 spiro atoms. The fourth-order valence-corrected chi connectivity index (χ4v) is 2.59. The quantitative estimate of drug-likeness (QED) is 0.621. The summed E-state index contributed by atoms with van der Waals surface area (Å²) in [6.45, 7) is 0.225. The number of aldehydes is 1. The van der Waals surface area contributed by atoms with Gasteiger partial charge in [-0.15, -0.1) is 0 Å². The van der Waals surface area contributed by atoms with Crippen molar-refractivity contribution < 1.29 is 14.3 Å². The fraction of sp³-hybridized carbons (Fsp3) is 0.105. The highest BCUT2D eigenvalue weighted by Crippen LogP contribution is 2.29. The lowest BCUT2D eigenvalue weighted by molar-refractivity contribution is 0.111. The first-order valence-electron chi connectivity index (χ1n) is 7.53. The van der Waals surface area contributed by atoms with E-state index in [2.05, 4.69) is 9.97 Å². The summed E-state index contributed by atoms with van der Waals surface area (Å²) in [6, 6.07) is 12.7. The molecule has 2 heterocycles. The first kappa shape index (κ1) is 16.9. The predicted octanol–water partition coefficient (Wildman–Crippen LogP) is 4.20. The Morgan fingerprint density at radius 2 is 2.00 bits per heavy atom. The summed E-state index contributed by atoms with van der Waals surface area (Å²) >= 11 is 6.28. The number of nitrogens with zero attached hydrogens (tertiary/aromatic N) is 2. The molecule has 6 heteroatoms. The minimum Gasteiger partial charge on any atom is -0.486 e. The summed E-state index contributed by atoms with van der Waals surface area (Å²) < 4.78 is 10.8. The molecule has 0 N–H and O–H groups in total. The fourth-order valence-electron chi connectivity index (χ4n) is 2.37. The molecule has 5 nitrogen and oxygen atoms in total. The zero-order valence-corrected chi connectivity index (χ0v) is 14.2. The molecule has 126 valence electrons. The molecule has 0 fully saturated rings. The van der Waals surface area contributed by atoms with Crippen LogP contribution in [-0.4, -0.2) is 23.4 Å². The van der Waals surface area contributed by atoms with Crippen LogP contribution in [0.3, 0.4) is 0 Å². The molecule has 0 amide bonds. The molecule has 1 aromatic carbocycles. The summed E-state index contributed by atoms with van der Waals surface area (Å²) in [5, 5.41) is 0.613. The van der Waals surface area contributed by atoms with Crippen molar-refractivity contribution in [2.75, 3.05) is 7.11 Å². The molecular weight excluding hydrogens is 340 g/mol. The van der Waals surface area contributed by atoms with Crippen LogP contribution in [0.25, 0.3) is 11.3 Å². The van der Waals surface area contributed by atoms with Gasteiger partial charge < -0.3 is 9.47 Å². The Morgan fingerprint density at radius 3 is 2.76 bits per heavy atom. The number of rotatable bonds is 6. The van der Waals surface area contributed by atoms with E-state index in [1.54, 1.807) is 6.20 Å². The first-order chi connectivity index (χ1) is 12.2. The Hall–Kier alpha value is -2.92. The molecule has 3 aromatic rings. The average molecular weight is 355 g/mol. The zero-order valence-electron chi connectivity index (χ0n) is 13.5. The van der Waals surface area contributed by atoms with Gasteiger partial charge in [0.25, 0.3) is 0 Å². The van der Waals surface area contributed by atoms with E-state index in [1.807, 2.05) is 36.4 Å². The van der Waals surface area contributed by atoms with Gasteiger partial charge in [0, 0.05) is 28.4 Å². The Morgan fingerprint density at radius 1 is 1.16 bits per heavy atom. The van der Waals surface area contributed by atoms with Gasteiger partial charge in [0.1, 0.15) is 12.4 Å². The van der Waals surface area contributed by atoms with Crippen molar-refractivity contribution in [1.29, 1.82) is 0 Å². The summed E-state index contributed by atoms with van der Waals surface area (Å²) in [6.07, 6.45) is 3.87. The van der Waals surface area contributed by atoms with Crippen LogP contribution in [0.5, 0.6) is 11.6 Å². The van der Waals surface area contributed by atoms with E-state index in [0.717, 1.165) is 16.8 Å². The van der Waals surface area contributed by atoms with Gasteiger partial charge in [-0.05, 0) is 12.1 Å². The first-order valence-corrected chi connectivity index (χ1v) is 7.91. The normalized spacial score (nSPS) is 10.3. The van der Waals surface area contributed by atoms with Crippen molar-refractivity contribution in [3.8, 4) is 22.9 Å². The summed E-state index contributed by atoms with van der Waals surface area (Å²) in [7, 11) is 1.49. The molecule has 0 saturated carbocycles. The molecule has 0 atom stereocenters. The molecule has 0 radical (unpaired) electrons. The SMILES string of the molecule is COc1cc(C=O)c(OCc2cccnc2-c2ccccc2Cl)cn1. The number of hydrogen-bond donors (Lipinski definition) is 0. The van der Waals surface area contributed by atoms with Crippen molar-refractivity contribution in [3.63, 3.8) is 0 Å². The minimum absolute atomic E-state index is 0.225. The van der Waals surface area contributed by atoms with Gasteiger partial charge in [0.2, 0.25) is 5.88 Å². The van der Waals surface area contributed by atoms with E-state index in [9.17, 15) is 4.79 Å². The number of pyridine rings is 2. The maximum absolute atomic E-state index is 11.2. The number of aromatic nitrogens is 2. The second-order valence-electron chi connectivity index (χ2n) is 5.16. The second-order valence-corrected chi connectivity index (χ2v) is 5.57. The zero-order chi connectivity index (χ0) is 17.6. The maximum atomic E-state index is 11.2. The van der Waals surface area contributed by atoms with Gasteiger partial charge in [0.15, 0.2) is 6.29 Å². The molecule has 0 aliphatic carbocycles. The molecule has 0 aliphatic rings. The van der Waals surface area contributed by atoms with Crippen LogP contribution in [0.15, 0.2) is 54.9 Å². The molecule has 3 rings (SSSR count). The maximum Gasteiger partial charge on any atom is 0.213 e. The number of carbonyl (C=O) groups excluding carboxylic acids is 1. The average Bonchev–Trinajstić information content (AvgIpc) is 2.67. The Kier molecular flexibility index (Phi) is 5.26. The molecular formula is C19H15ClN2O3. The van der Waals surface area contributed by atoms with E-state index in [1.165, 1.54) is 19.4 Å². The van der Waals surface area contributed by atoms with Crippen molar-refractivity contribution in [2.45, 2.75) is 6.61 Å². The molecule has 25 heavy (non-hydrogen) atoms. The van der Waals surface area contributed by atoms with Gasteiger partial charge >= 0.3 is 0 Å². The van der Waals surface area contributed by atoms with Gasteiger partial charge in [-0.3, -0.25) is 9.78 Å². The summed E-state index contributed by atoms with van der Waals surface area (Å²) in [5.74, 6) is 0.734. The van der Waals surface area contributed by atoms with Gasteiger partial charge in [0.05, 0.1) is 24.6 Å². The number of methoxy groups -OCH3 is 1.